The Morgan fingerprint density at radius 3 is 2.30 bits per heavy atom. The van der Waals surface area contributed by atoms with Crippen molar-refractivity contribution in [2.75, 3.05) is 44.2 Å². The average Bonchev–Trinajstić information content (AvgIpc) is 3.56. The highest BCUT2D eigenvalue weighted by atomic mass is 127. The fourth-order valence-corrected chi connectivity index (χ4v) is 4.24. The summed E-state index contributed by atoms with van der Waals surface area (Å²) in [5.74, 6) is 4.18. The van der Waals surface area contributed by atoms with Gasteiger partial charge in [-0.2, -0.15) is 0 Å². The largest absolute Gasteiger partial charge is 0.506 e. The van der Waals surface area contributed by atoms with E-state index < -0.39 is 0 Å². The number of hydrogen-bond acceptors (Lipinski definition) is 3. The van der Waals surface area contributed by atoms with Gasteiger partial charge in [-0.05, 0) is 62.5 Å². The second kappa shape index (κ2) is 9.34. The third kappa shape index (κ3) is 5.21. The van der Waals surface area contributed by atoms with E-state index in [2.05, 4.69) is 22.0 Å². The monoisotopic (exact) mass is 484 g/mol. The molecular formula is C21H33IN4O. The number of aliphatic imine (C=N–C) groups is 1. The molecule has 2 aliphatic carbocycles. The predicted molar refractivity (Wildman–Crippen MR) is 122 cm³/mol. The molecule has 3 aliphatic rings. The predicted octanol–water partition coefficient (Wildman–Crippen LogP) is 3.53. The van der Waals surface area contributed by atoms with Gasteiger partial charge < -0.3 is 20.2 Å². The minimum atomic E-state index is 0. The van der Waals surface area contributed by atoms with E-state index in [1.807, 2.05) is 18.2 Å². The molecule has 0 unspecified atom stereocenters. The van der Waals surface area contributed by atoms with E-state index in [1.165, 1.54) is 25.7 Å². The number of rotatable bonds is 6. The van der Waals surface area contributed by atoms with Gasteiger partial charge in [0.25, 0.3) is 0 Å². The van der Waals surface area contributed by atoms with Crippen LogP contribution in [0.25, 0.3) is 0 Å². The zero-order valence-electron chi connectivity index (χ0n) is 16.3. The summed E-state index contributed by atoms with van der Waals surface area (Å²) in [7, 11) is 0. The van der Waals surface area contributed by atoms with Gasteiger partial charge in [0.05, 0.1) is 5.69 Å². The molecule has 1 heterocycles. The van der Waals surface area contributed by atoms with E-state index >= 15 is 0 Å². The first kappa shape index (κ1) is 20.6. The molecule has 2 N–H and O–H groups in total. The summed E-state index contributed by atoms with van der Waals surface area (Å²) in [6, 6.07) is 7.63. The molecule has 0 amide bonds. The van der Waals surface area contributed by atoms with Crippen molar-refractivity contribution in [1.82, 2.24) is 10.2 Å². The van der Waals surface area contributed by atoms with Crippen molar-refractivity contribution in [1.29, 1.82) is 0 Å². The molecule has 0 radical (unpaired) electrons. The first-order chi connectivity index (χ1) is 12.8. The maximum atomic E-state index is 10.1. The second-order valence-corrected chi connectivity index (χ2v) is 8.00. The molecule has 4 rings (SSSR count). The van der Waals surface area contributed by atoms with Gasteiger partial charge >= 0.3 is 0 Å². The van der Waals surface area contributed by atoms with E-state index in [0.29, 0.717) is 5.75 Å². The third-order valence-corrected chi connectivity index (χ3v) is 6.04. The van der Waals surface area contributed by atoms with Gasteiger partial charge in [-0.25, -0.2) is 0 Å². The number of guanidine groups is 1. The Kier molecular flexibility index (Phi) is 7.11. The minimum absolute atomic E-state index is 0. The number of anilines is 1. The summed E-state index contributed by atoms with van der Waals surface area (Å²) in [5.41, 5.74) is 0.941. The fraction of sp³-hybridized carbons (Fsp3) is 0.667. The van der Waals surface area contributed by atoms with Crippen LogP contribution in [0.4, 0.5) is 5.69 Å². The minimum Gasteiger partial charge on any atom is -0.506 e. The number of nitrogens with zero attached hydrogens (tertiary/aromatic N) is 3. The normalized spacial score (nSPS) is 20.6. The zero-order chi connectivity index (χ0) is 17.9. The van der Waals surface area contributed by atoms with Crippen molar-refractivity contribution in [2.24, 2.45) is 22.7 Å². The Labute approximate surface area is 180 Å². The molecule has 1 saturated heterocycles. The van der Waals surface area contributed by atoms with Crippen molar-refractivity contribution in [3.63, 3.8) is 0 Å². The van der Waals surface area contributed by atoms with Gasteiger partial charge in [-0.3, -0.25) is 4.99 Å². The summed E-state index contributed by atoms with van der Waals surface area (Å²) in [6.07, 6.45) is 5.69. The highest BCUT2D eigenvalue weighted by Crippen LogP contribution is 2.49. The van der Waals surface area contributed by atoms with Crippen LogP contribution in [0.15, 0.2) is 29.3 Å². The summed E-state index contributed by atoms with van der Waals surface area (Å²) >= 11 is 0. The molecule has 1 aromatic rings. The molecule has 0 aromatic heterocycles. The van der Waals surface area contributed by atoms with Crippen LogP contribution in [-0.4, -0.2) is 55.2 Å². The molecule has 6 heteroatoms. The topological polar surface area (TPSA) is 51.1 Å². The van der Waals surface area contributed by atoms with Crippen LogP contribution in [0.3, 0.4) is 0 Å². The summed E-state index contributed by atoms with van der Waals surface area (Å²) in [4.78, 5) is 9.70. The van der Waals surface area contributed by atoms with Gasteiger partial charge in [0.15, 0.2) is 5.96 Å². The first-order valence-electron chi connectivity index (χ1n) is 10.3. The number of benzene rings is 1. The highest BCUT2D eigenvalue weighted by Gasteiger charge is 2.41. The van der Waals surface area contributed by atoms with Crippen LogP contribution in [0, 0.1) is 17.8 Å². The average molecular weight is 484 g/mol. The Hall–Kier alpha value is -1.18. The summed E-state index contributed by atoms with van der Waals surface area (Å²) in [5, 5.41) is 13.6. The number of hydrogen-bond donors (Lipinski definition) is 2. The maximum Gasteiger partial charge on any atom is 0.194 e. The van der Waals surface area contributed by atoms with Gasteiger partial charge in [-0.1, -0.05) is 12.1 Å². The summed E-state index contributed by atoms with van der Waals surface area (Å²) < 4.78 is 0. The number of para-hydroxylation sites is 2. The zero-order valence-corrected chi connectivity index (χ0v) is 18.6. The van der Waals surface area contributed by atoms with Gasteiger partial charge in [0.1, 0.15) is 5.75 Å². The van der Waals surface area contributed by atoms with Crippen LogP contribution in [0.2, 0.25) is 0 Å². The van der Waals surface area contributed by atoms with Crippen molar-refractivity contribution in [3.05, 3.63) is 24.3 Å². The lowest BCUT2D eigenvalue weighted by atomic mass is 9.98. The molecule has 0 bridgehead atoms. The van der Waals surface area contributed by atoms with Crippen molar-refractivity contribution >= 4 is 35.6 Å². The number of nitrogens with one attached hydrogen (secondary N) is 1. The Balaban J connectivity index is 0.00000210. The number of phenols is 1. The molecule has 150 valence electrons. The number of phenolic OH excluding ortho intramolecular Hbond substituents is 1. The van der Waals surface area contributed by atoms with Gasteiger partial charge in [0, 0.05) is 39.3 Å². The van der Waals surface area contributed by atoms with E-state index in [9.17, 15) is 5.11 Å². The molecule has 0 atom stereocenters. The lowest BCUT2D eigenvalue weighted by molar-refractivity contribution is 0.363. The molecule has 2 saturated carbocycles. The Morgan fingerprint density at radius 2 is 1.74 bits per heavy atom. The molecule has 5 nitrogen and oxygen atoms in total. The smallest absolute Gasteiger partial charge is 0.194 e. The quantitative estimate of drug-likeness (QED) is 0.369. The van der Waals surface area contributed by atoms with Crippen molar-refractivity contribution < 1.29 is 5.11 Å². The highest BCUT2D eigenvalue weighted by molar-refractivity contribution is 14.0. The Bertz CT molecular complexity index is 625. The standard InChI is InChI=1S/C21H32N4O.HI/c1-2-22-21(23-15-18(16-7-8-16)17-9-10-17)25-13-11-24(12-14-25)19-5-3-4-6-20(19)26;/h3-6,16-18,26H,2,7-15H2,1H3,(H,22,23);1H. The third-order valence-electron chi connectivity index (χ3n) is 6.04. The number of piperazine rings is 1. The van der Waals surface area contributed by atoms with Crippen LogP contribution >= 0.6 is 24.0 Å². The molecule has 1 aliphatic heterocycles. The molecular weight excluding hydrogens is 451 g/mol. The maximum absolute atomic E-state index is 10.1. The van der Waals surface area contributed by atoms with E-state index in [1.54, 1.807) is 6.07 Å². The molecule has 27 heavy (non-hydrogen) atoms. The number of aromatic hydroxyl groups is 1. The SMILES string of the molecule is CCNC(=NCC(C1CC1)C1CC1)N1CCN(c2ccccc2O)CC1.I. The van der Waals surface area contributed by atoms with Crippen molar-refractivity contribution in [2.45, 2.75) is 32.6 Å². The molecule has 0 spiro atoms. The van der Waals surface area contributed by atoms with E-state index in [4.69, 9.17) is 4.99 Å². The van der Waals surface area contributed by atoms with Crippen LogP contribution in [0.5, 0.6) is 5.75 Å². The summed E-state index contributed by atoms with van der Waals surface area (Å²) in [6.45, 7) is 7.77. The fourth-order valence-electron chi connectivity index (χ4n) is 4.24. The van der Waals surface area contributed by atoms with Gasteiger partial charge in [0.2, 0.25) is 0 Å². The second-order valence-electron chi connectivity index (χ2n) is 8.00. The lowest BCUT2D eigenvalue weighted by Gasteiger charge is -2.38. The van der Waals surface area contributed by atoms with Crippen LogP contribution < -0.4 is 10.2 Å². The Morgan fingerprint density at radius 1 is 1.11 bits per heavy atom. The van der Waals surface area contributed by atoms with Crippen molar-refractivity contribution in [3.8, 4) is 5.75 Å². The van der Waals surface area contributed by atoms with E-state index in [-0.39, 0.29) is 24.0 Å². The van der Waals surface area contributed by atoms with Crippen LogP contribution in [-0.2, 0) is 0 Å². The lowest BCUT2D eigenvalue weighted by Crippen LogP contribution is -2.52. The van der Waals surface area contributed by atoms with E-state index in [0.717, 1.165) is 68.7 Å². The van der Waals surface area contributed by atoms with Crippen LogP contribution in [0.1, 0.15) is 32.6 Å². The van der Waals surface area contributed by atoms with Gasteiger partial charge in [-0.15, -0.1) is 24.0 Å². The molecule has 3 fully saturated rings. The first-order valence-corrected chi connectivity index (χ1v) is 10.3. The number of halogens is 1. The molecule has 1 aromatic carbocycles.